The molecule has 0 bridgehead atoms. The summed E-state index contributed by atoms with van der Waals surface area (Å²) in [5.74, 6) is 1.47. The van der Waals surface area contributed by atoms with Crippen molar-refractivity contribution in [2.24, 2.45) is 5.92 Å². The Kier molecular flexibility index (Phi) is 6.83. The second-order valence-corrected chi connectivity index (χ2v) is 7.12. The molecule has 136 valence electrons. The molecule has 0 aromatic heterocycles. The van der Waals surface area contributed by atoms with Crippen LogP contribution in [0, 0.1) is 17.2 Å². The molecule has 1 aliphatic rings. The fourth-order valence-corrected chi connectivity index (χ4v) is 3.36. The average Bonchev–Trinajstić information content (AvgIpc) is 2.62. The number of carbonyl (C=O) groups excluding carboxylic acids is 1. The third kappa shape index (κ3) is 4.96. The maximum atomic E-state index is 12.6. The minimum atomic E-state index is -0.0621. The lowest BCUT2D eigenvalue weighted by molar-refractivity contribution is -0.133. The van der Waals surface area contributed by atoms with Crippen molar-refractivity contribution in [3.63, 3.8) is 0 Å². The van der Waals surface area contributed by atoms with E-state index in [0.717, 1.165) is 24.4 Å². The summed E-state index contributed by atoms with van der Waals surface area (Å²) in [7, 11) is 1.65. The zero-order valence-electron chi connectivity index (χ0n) is 15.7. The Morgan fingerprint density at radius 3 is 2.48 bits per heavy atom. The summed E-state index contributed by atoms with van der Waals surface area (Å²) in [6, 6.07) is 10.2. The van der Waals surface area contributed by atoms with Gasteiger partial charge >= 0.3 is 0 Å². The maximum Gasteiger partial charge on any atom is 0.223 e. The number of nitrogens with zero attached hydrogens (tertiary/aromatic N) is 3. The Morgan fingerprint density at radius 1 is 1.24 bits per heavy atom. The quantitative estimate of drug-likeness (QED) is 0.797. The van der Waals surface area contributed by atoms with Crippen molar-refractivity contribution in [3.8, 4) is 11.8 Å². The highest BCUT2D eigenvalue weighted by atomic mass is 16.5. The standard InChI is InChI=1S/C20H29N3O2/c1-15(2)19(14-21)22-8-10-23(11-9-22)20(24)12-16(3)17-6-5-7-18(13-17)25-4/h5-7,13,15-16,19H,8-12H2,1-4H3/t16-,19-/m1/s1. The van der Waals surface area contributed by atoms with E-state index >= 15 is 0 Å². The average molecular weight is 343 g/mol. The zero-order chi connectivity index (χ0) is 18.4. The summed E-state index contributed by atoms with van der Waals surface area (Å²) in [6.45, 7) is 9.17. The summed E-state index contributed by atoms with van der Waals surface area (Å²) in [5.41, 5.74) is 1.12. The van der Waals surface area contributed by atoms with Crippen molar-refractivity contribution < 1.29 is 9.53 Å². The Morgan fingerprint density at radius 2 is 1.92 bits per heavy atom. The van der Waals surface area contributed by atoms with Gasteiger partial charge in [-0.05, 0) is 29.5 Å². The maximum absolute atomic E-state index is 12.6. The van der Waals surface area contributed by atoms with Crippen LogP contribution in [0.5, 0.6) is 5.75 Å². The highest BCUT2D eigenvalue weighted by Crippen LogP contribution is 2.24. The molecule has 0 radical (unpaired) electrons. The summed E-state index contributed by atoms with van der Waals surface area (Å²) in [4.78, 5) is 16.8. The molecule has 1 saturated heterocycles. The van der Waals surface area contributed by atoms with E-state index in [4.69, 9.17) is 4.74 Å². The molecular weight excluding hydrogens is 314 g/mol. The monoisotopic (exact) mass is 343 g/mol. The molecule has 0 N–H and O–H groups in total. The topological polar surface area (TPSA) is 56.6 Å². The molecule has 1 aliphatic heterocycles. The number of ether oxygens (including phenoxy) is 1. The first-order valence-corrected chi connectivity index (χ1v) is 9.01. The van der Waals surface area contributed by atoms with Gasteiger partial charge in [-0.2, -0.15) is 5.26 Å². The zero-order valence-corrected chi connectivity index (χ0v) is 15.7. The Hall–Kier alpha value is -2.06. The van der Waals surface area contributed by atoms with E-state index in [-0.39, 0.29) is 17.9 Å². The highest BCUT2D eigenvalue weighted by Gasteiger charge is 2.28. The number of carbonyl (C=O) groups is 1. The molecule has 2 rings (SSSR count). The van der Waals surface area contributed by atoms with Crippen molar-refractivity contribution in [1.82, 2.24) is 9.80 Å². The van der Waals surface area contributed by atoms with E-state index in [1.165, 1.54) is 0 Å². The molecule has 0 unspecified atom stereocenters. The molecule has 1 aromatic rings. The number of nitriles is 1. The van der Waals surface area contributed by atoms with Gasteiger partial charge in [-0.25, -0.2) is 0 Å². The van der Waals surface area contributed by atoms with E-state index < -0.39 is 0 Å². The van der Waals surface area contributed by atoms with Crippen LogP contribution in [0.2, 0.25) is 0 Å². The van der Waals surface area contributed by atoms with Crippen molar-refractivity contribution in [3.05, 3.63) is 29.8 Å². The van der Waals surface area contributed by atoms with E-state index in [1.54, 1.807) is 7.11 Å². The predicted octanol–water partition coefficient (Wildman–Crippen LogP) is 2.88. The normalized spacial score (nSPS) is 17.8. The lowest BCUT2D eigenvalue weighted by Crippen LogP contribution is -2.52. The minimum absolute atomic E-state index is 0.0621. The van der Waals surface area contributed by atoms with Crippen molar-refractivity contribution >= 4 is 5.91 Å². The molecule has 0 saturated carbocycles. The van der Waals surface area contributed by atoms with Gasteiger partial charge in [0.1, 0.15) is 11.8 Å². The van der Waals surface area contributed by atoms with Crippen molar-refractivity contribution in [2.45, 2.75) is 39.2 Å². The summed E-state index contributed by atoms with van der Waals surface area (Å²) < 4.78 is 5.26. The molecule has 1 aromatic carbocycles. The largest absolute Gasteiger partial charge is 0.497 e. The van der Waals surface area contributed by atoms with Gasteiger partial charge in [0.25, 0.3) is 0 Å². The molecule has 1 amide bonds. The number of hydrogen-bond donors (Lipinski definition) is 0. The lowest BCUT2D eigenvalue weighted by atomic mass is 9.96. The van der Waals surface area contributed by atoms with Crippen LogP contribution in [-0.2, 0) is 4.79 Å². The fraction of sp³-hybridized carbons (Fsp3) is 0.600. The molecule has 1 fully saturated rings. The van der Waals surface area contributed by atoms with Crippen molar-refractivity contribution in [1.29, 1.82) is 5.26 Å². The van der Waals surface area contributed by atoms with Gasteiger partial charge in [-0.3, -0.25) is 9.69 Å². The highest BCUT2D eigenvalue weighted by molar-refractivity contribution is 5.77. The first-order chi connectivity index (χ1) is 12.0. The summed E-state index contributed by atoms with van der Waals surface area (Å²) >= 11 is 0. The molecular formula is C20H29N3O2. The molecule has 5 nitrogen and oxygen atoms in total. The SMILES string of the molecule is COc1cccc([C@H](C)CC(=O)N2CCN([C@H](C#N)C(C)C)CC2)c1. The van der Waals surface area contributed by atoms with Crippen LogP contribution in [-0.4, -0.2) is 55.0 Å². The number of amides is 1. The molecule has 5 heteroatoms. The van der Waals surface area contributed by atoms with E-state index in [2.05, 4.69) is 31.7 Å². The first-order valence-electron chi connectivity index (χ1n) is 9.01. The number of benzene rings is 1. The van der Waals surface area contributed by atoms with Crippen LogP contribution in [0.15, 0.2) is 24.3 Å². The van der Waals surface area contributed by atoms with Gasteiger partial charge in [0, 0.05) is 32.6 Å². The molecule has 2 atom stereocenters. The molecule has 1 heterocycles. The van der Waals surface area contributed by atoms with Gasteiger partial charge in [0.2, 0.25) is 5.91 Å². The van der Waals surface area contributed by atoms with Crippen LogP contribution >= 0.6 is 0 Å². The third-order valence-electron chi connectivity index (χ3n) is 4.97. The lowest BCUT2D eigenvalue weighted by Gasteiger charge is -2.38. The number of piperazine rings is 1. The first kappa shape index (κ1) is 19.3. The van der Waals surface area contributed by atoms with Gasteiger partial charge in [0.15, 0.2) is 0 Å². The smallest absolute Gasteiger partial charge is 0.223 e. The molecule has 25 heavy (non-hydrogen) atoms. The number of methoxy groups -OCH3 is 1. The second kappa shape index (κ2) is 8.87. The number of hydrogen-bond acceptors (Lipinski definition) is 4. The summed E-state index contributed by atoms with van der Waals surface area (Å²) in [6.07, 6.45) is 0.499. The van der Waals surface area contributed by atoms with Gasteiger partial charge in [-0.1, -0.05) is 32.9 Å². The summed E-state index contributed by atoms with van der Waals surface area (Å²) in [5, 5.41) is 9.33. The minimum Gasteiger partial charge on any atom is -0.497 e. The molecule has 0 aliphatic carbocycles. The van der Waals surface area contributed by atoms with E-state index in [9.17, 15) is 10.1 Å². The van der Waals surface area contributed by atoms with Crippen LogP contribution in [0.25, 0.3) is 0 Å². The van der Waals surface area contributed by atoms with Gasteiger partial charge in [-0.15, -0.1) is 0 Å². The van der Waals surface area contributed by atoms with Crippen LogP contribution in [0.1, 0.15) is 38.7 Å². The predicted molar refractivity (Wildman–Crippen MR) is 98.4 cm³/mol. The Balaban J connectivity index is 1.89. The molecule has 0 spiro atoms. The van der Waals surface area contributed by atoms with E-state index in [1.807, 2.05) is 29.2 Å². The third-order valence-corrected chi connectivity index (χ3v) is 4.97. The van der Waals surface area contributed by atoms with Crippen LogP contribution < -0.4 is 4.74 Å². The Bertz CT molecular complexity index is 616. The van der Waals surface area contributed by atoms with Crippen molar-refractivity contribution in [2.75, 3.05) is 33.3 Å². The van der Waals surface area contributed by atoms with Gasteiger partial charge in [0.05, 0.1) is 13.2 Å². The van der Waals surface area contributed by atoms with Gasteiger partial charge < -0.3 is 9.64 Å². The number of rotatable bonds is 6. The second-order valence-electron chi connectivity index (χ2n) is 7.12. The van der Waals surface area contributed by atoms with E-state index in [0.29, 0.717) is 25.4 Å². The Labute approximate surface area is 151 Å². The van der Waals surface area contributed by atoms with Crippen LogP contribution in [0.3, 0.4) is 0 Å². The van der Waals surface area contributed by atoms with Crippen LogP contribution in [0.4, 0.5) is 0 Å². The fourth-order valence-electron chi connectivity index (χ4n) is 3.36.